The zero-order valence-electron chi connectivity index (χ0n) is 11.7. The van der Waals surface area contributed by atoms with Gasteiger partial charge in [-0.1, -0.05) is 37.3 Å². The Balaban J connectivity index is 2.19. The molecule has 2 aromatic rings. The molecule has 0 aliphatic rings. The van der Waals surface area contributed by atoms with Crippen molar-refractivity contribution in [3.05, 3.63) is 41.7 Å². The van der Waals surface area contributed by atoms with Crippen LogP contribution in [0.2, 0.25) is 0 Å². The highest BCUT2D eigenvalue weighted by molar-refractivity contribution is 5.77. The van der Waals surface area contributed by atoms with Gasteiger partial charge in [0.05, 0.1) is 25.0 Å². The minimum Gasteiger partial charge on any atom is -0.349 e. The molecule has 1 amide bonds. The molecule has 0 fully saturated rings. The minimum atomic E-state index is -0.206. The van der Waals surface area contributed by atoms with E-state index in [9.17, 15) is 4.79 Å². The quantitative estimate of drug-likeness (QED) is 0.849. The molecule has 3 N–H and O–H groups in total. The van der Waals surface area contributed by atoms with E-state index in [1.807, 2.05) is 24.4 Å². The maximum absolute atomic E-state index is 11.1. The van der Waals surface area contributed by atoms with E-state index in [1.54, 1.807) is 4.68 Å². The predicted molar refractivity (Wildman–Crippen MR) is 76.3 cm³/mol. The molecule has 20 heavy (non-hydrogen) atoms. The molecule has 1 aromatic carbocycles. The standard InChI is InChI=1S/C14H19N5O/c1-10(2)12-5-3-4-6-13(12)19-9-11(17-18-19)8-16-14(20)7-15/h3-6,9-10H,7-8,15H2,1-2H3,(H,16,20). The lowest BCUT2D eigenvalue weighted by molar-refractivity contribution is -0.119. The van der Waals surface area contributed by atoms with Crippen LogP contribution in [0.3, 0.4) is 0 Å². The second-order valence-electron chi connectivity index (χ2n) is 4.85. The van der Waals surface area contributed by atoms with E-state index in [4.69, 9.17) is 5.73 Å². The molecule has 0 unspecified atom stereocenters. The molecular formula is C14H19N5O. The van der Waals surface area contributed by atoms with Crippen molar-refractivity contribution >= 4 is 5.91 Å². The van der Waals surface area contributed by atoms with Crippen molar-refractivity contribution in [2.24, 2.45) is 5.73 Å². The lowest BCUT2D eigenvalue weighted by Crippen LogP contribution is -2.29. The van der Waals surface area contributed by atoms with Gasteiger partial charge < -0.3 is 11.1 Å². The number of aromatic nitrogens is 3. The molecule has 0 bridgehead atoms. The Kier molecular flexibility index (Phi) is 4.47. The summed E-state index contributed by atoms with van der Waals surface area (Å²) in [4.78, 5) is 11.1. The van der Waals surface area contributed by atoms with Crippen LogP contribution in [-0.4, -0.2) is 27.4 Å². The Morgan fingerprint density at radius 2 is 2.15 bits per heavy atom. The fraction of sp³-hybridized carbons (Fsp3) is 0.357. The molecule has 0 radical (unpaired) electrons. The molecule has 1 heterocycles. The summed E-state index contributed by atoms with van der Waals surface area (Å²) in [6.45, 7) is 4.58. The van der Waals surface area contributed by atoms with E-state index in [0.29, 0.717) is 18.2 Å². The van der Waals surface area contributed by atoms with Crippen LogP contribution in [0.5, 0.6) is 0 Å². The first-order chi connectivity index (χ1) is 9.61. The maximum Gasteiger partial charge on any atom is 0.234 e. The summed E-state index contributed by atoms with van der Waals surface area (Å²) in [7, 11) is 0. The van der Waals surface area contributed by atoms with Crippen molar-refractivity contribution in [1.82, 2.24) is 20.3 Å². The summed E-state index contributed by atoms with van der Waals surface area (Å²) in [5, 5.41) is 10.8. The predicted octanol–water partition coefficient (Wildman–Crippen LogP) is 0.966. The Hall–Kier alpha value is -2.21. The number of carbonyl (C=O) groups excluding carboxylic acids is 1. The molecule has 0 saturated heterocycles. The Bertz CT molecular complexity index is 591. The second kappa shape index (κ2) is 6.29. The zero-order chi connectivity index (χ0) is 14.5. The van der Waals surface area contributed by atoms with Gasteiger partial charge in [0.15, 0.2) is 0 Å². The maximum atomic E-state index is 11.1. The van der Waals surface area contributed by atoms with Gasteiger partial charge in [0, 0.05) is 0 Å². The van der Waals surface area contributed by atoms with Crippen molar-refractivity contribution < 1.29 is 4.79 Å². The monoisotopic (exact) mass is 273 g/mol. The second-order valence-corrected chi connectivity index (χ2v) is 4.85. The third kappa shape index (κ3) is 3.21. The molecule has 0 aliphatic carbocycles. The average molecular weight is 273 g/mol. The fourth-order valence-electron chi connectivity index (χ4n) is 1.94. The molecule has 6 heteroatoms. The molecule has 6 nitrogen and oxygen atoms in total. The highest BCUT2D eigenvalue weighted by atomic mass is 16.1. The third-order valence-corrected chi connectivity index (χ3v) is 3.00. The van der Waals surface area contributed by atoms with E-state index in [1.165, 1.54) is 5.56 Å². The van der Waals surface area contributed by atoms with E-state index < -0.39 is 0 Å². The van der Waals surface area contributed by atoms with Crippen molar-refractivity contribution in [3.8, 4) is 5.69 Å². The first-order valence-corrected chi connectivity index (χ1v) is 6.59. The summed E-state index contributed by atoms with van der Waals surface area (Å²) in [6, 6.07) is 8.07. The van der Waals surface area contributed by atoms with Crippen molar-refractivity contribution in [2.45, 2.75) is 26.3 Å². The summed E-state index contributed by atoms with van der Waals surface area (Å²) in [6.07, 6.45) is 1.82. The number of nitrogens with two attached hydrogens (primary N) is 1. The minimum absolute atomic E-state index is 0.0235. The Morgan fingerprint density at radius 3 is 2.85 bits per heavy atom. The van der Waals surface area contributed by atoms with Crippen LogP contribution in [0, 0.1) is 0 Å². The van der Waals surface area contributed by atoms with Crippen LogP contribution in [0.25, 0.3) is 5.69 Å². The number of hydrogen-bond donors (Lipinski definition) is 2. The van der Waals surface area contributed by atoms with Gasteiger partial charge in [0.1, 0.15) is 5.69 Å². The first kappa shape index (κ1) is 14.2. The van der Waals surface area contributed by atoms with Crippen LogP contribution >= 0.6 is 0 Å². The van der Waals surface area contributed by atoms with E-state index in [-0.39, 0.29) is 12.5 Å². The van der Waals surface area contributed by atoms with Crippen molar-refractivity contribution in [3.63, 3.8) is 0 Å². The van der Waals surface area contributed by atoms with Gasteiger partial charge >= 0.3 is 0 Å². The van der Waals surface area contributed by atoms with Crippen molar-refractivity contribution in [2.75, 3.05) is 6.54 Å². The molecule has 0 aliphatic heterocycles. The number of rotatable bonds is 5. The van der Waals surface area contributed by atoms with Gasteiger partial charge in [-0.15, -0.1) is 5.10 Å². The molecule has 0 atom stereocenters. The molecule has 106 valence electrons. The van der Waals surface area contributed by atoms with Gasteiger partial charge in [0.25, 0.3) is 0 Å². The zero-order valence-corrected chi connectivity index (χ0v) is 11.7. The lowest BCUT2D eigenvalue weighted by atomic mass is 10.0. The molecule has 1 aromatic heterocycles. The normalized spacial score (nSPS) is 10.8. The smallest absolute Gasteiger partial charge is 0.234 e. The average Bonchev–Trinajstić information content (AvgIpc) is 2.93. The highest BCUT2D eigenvalue weighted by Gasteiger charge is 2.10. The molecule has 0 spiro atoms. The number of nitrogens with zero attached hydrogens (tertiary/aromatic N) is 3. The van der Waals surface area contributed by atoms with Crippen LogP contribution < -0.4 is 11.1 Å². The number of carbonyl (C=O) groups is 1. The SMILES string of the molecule is CC(C)c1ccccc1-n1cc(CNC(=O)CN)nn1. The van der Waals surface area contributed by atoms with Gasteiger partial charge in [0.2, 0.25) is 5.91 Å². The highest BCUT2D eigenvalue weighted by Crippen LogP contribution is 2.21. The molecule has 0 saturated carbocycles. The fourth-order valence-corrected chi connectivity index (χ4v) is 1.94. The summed E-state index contributed by atoms with van der Waals surface area (Å²) in [5.41, 5.74) is 8.14. The number of hydrogen-bond acceptors (Lipinski definition) is 4. The van der Waals surface area contributed by atoms with E-state index in [2.05, 4.69) is 35.5 Å². The van der Waals surface area contributed by atoms with Gasteiger partial charge in [-0.25, -0.2) is 4.68 Å². The molecular weight excluding hydrogens is 254 g/mol. The van der Waals surface area contributed by atoms with E-state index >= 15 is 0 Å². The summed E-state index contributed by atoms with van der Waals surface area (Å²) >= 11 is 0. The summed E-state index contributed by atoms with van der Waals surface area (Å²) < 4.78 is 1.74. The largest absolute Gasteiger partial charge is 0.349 e. The number of amides is 1. The number of benzene rings is 1. The number of para-hydroxylation sites is 1. The topological polar surface area (TPSA) is 85.8 Å². The van der Waals surface area contributed by atoms with Crippen LogP contribution in [0.4, 0.5) is 0 Å². The van der Waals surface area contributed by atoms with Gasteiger partial charge in [-0.05, 0) is 17.5 Å². The van der Waals surface area contributed by atoms with Gasteiger partial charge in [-0.2, -0.15) is 0 Å². The van der Waals surface area contributed by atoms with Crippen LogP contribution in [0.1, 0.15) is 31.0 Å². The lowest BCUT2D eigenvalue weighted by Gasteiger charge is -2.11. The number of nitrogens with one attached hydrogen (secondary N) is 1. The first-order valence-electron chi connectivity index (χ1n) is 6.59. The Labute approximate surface area is 118 Å². The summed E-state index contributed by atoms with van der Waals surface area (Å²) in [5.74, 6) is 0.193. The van der Waals surface area contributed by atoms with Crippen LogP contribution in [-0.2, 0) is 11.3 Å². The molecule has 2 rings (SSSR count). The van der Waals surface area contributed by atoms with E-state index in [0.717, 1.165) is 5.69 Å². The van der Waals surface area contributed by atoms with Crippen molar-refractivity contribution in [1.29, 1.82) is 0 Å². The Morgan fingerprint density at radius 1 is 1.40 bits per heavy atom. The van der Waals surface area contributed by atoms with Crippen LogP contribution in [0.15, 0.2) is 30.5 Å². The third-order valence-electron chi connectivity index (χ3n) is 3.00. The van der Waals surface area contributed by atoms with Gasteiger partial charge in [-0.3, -0.25) is 4.79 Å².